The summed E-state index contributed by atoms with van der Waals surface area (Å²) in [5.74, 6) is -0.800. The Labute approximate surface area is 107 Å². The SMILES string of the molecule is CC[C@H](C(=O)O)N(CC)c1ccc(C)c(Cl)c1. The highest BCUT2D eigenvalue weighted by Gasteiger charge is 2.22. The molecule has 1 aromatic rings. The summed E-state index contributed by atoms with van der Waals surface area (Å²) in [5.41, 5.74) is 1.85. The van der Waals surface area contributed by atoms with Crippen LogP contribution in [0.25, 0.3) is 0 Å². The molecule has 0 amide bonds. The average Bonchev–Trinajstić information content (AvgIpc) is 2.29. The number of likely N-dealkylation sites (N-methyl/N-ethyl adjacent to an activating group) is 1. The zero-order chi connectivity index (χ0) is 13.0. The number of carbonyl (C=O) groups is 1. The lowest BCUT2D eigenvalue weighted by molar-refractivity contribution is -0.138. The van der Waals surface area contributed by atoms with Crippen LogP contribution in [0, 0.1) is 6.92 Å². The summed E-state index contributed by atoms with van der Waals surface area (Å²) >= 11 is 6.07. The van der Waals surface area contributed by atoms with Gasteiger partial charge in [-0.25, -0.2) is 4.79 Å². The monoisotopic (exact) mass is 255 g/mol. The summed E-state index contributed by atoms with van der Waals surface area (Å²) in [5, 5.41) is 9.85. The number of aryl methyl sites for hydroxylation is 1. The van der Waals surface area contributed by atoms with E-state index in [-0.39, 0.29) is 0 Å². The van der Waals surface area contributed by atoms with Crippen molar-refractivity contribution in [1.82, 2.24) is 0 Å². The third-order valence-electron chi connectivity index (χ3n) is 2.88. The first-order valence-electron chi connectivity index (χ1n) is 5.76. The number of aliphatic carboxylic acids is 1. The fourth-order valence-corrected chi connectivity index (χ4v) is 2.05. The van der Waals surface area contributed by atoms with Gasteiger partial charge in [-0.2, -0.15) is 0 Å². The predicted molar refractivity (Wildman–Crippen MR) is 70.9 cm³/mol. The van der Waals surface area contributed by atoms with E-state index in [2.05, 4.69) is 0 Å². The Kier molecular flexibility index (Phi) is 4.82. The lowest BCUT2D eigenvalue weighted by Crippen LogP contribution is -2.40. The van der Waals surface area contributed by atoms with E-state index >= 15 is 0 Å². The van der Waals surface area contributed by atoms with Gasteiger partial charge in [-0.05, 0) is 38.0 Å². The van der Waals surface area contributed by atoms with Gasteiger partial charge in [-0.1, -0.05) is 24.6 Å². The summed E-state index contributed by atoms with van der Waals surface area (Å²) in [4.78, 5) is 13.0. The van der Waals surface area contributed by atoms with Crippen molar-refractivity contribution in [3.05, 3.63) is 28.8 Å². The molecule has 0 unspecified atom stereocenters. The highest BCUT2D eigenvalue weighted by Crippen LogP contribution is 2.25. The molecule has 0 spiro atoms. The Morgan fingerprint density at radius 3 is 2.53 bits per heavy atom. The van der Waals surface area contributed by atoms with E-state index in [9.17, 15) is 9.90 Å². The summed E-state index contributed by atoms with van der Waals surface area (Å²) in [6.45, 7) is 6.39. The minimum atomic E-state index is -0.800. The van der Waals surface area contributed by atoms with Crippen molar-refractivity contribution in [1.29, 1.82) is 0 Å². The van der Waals surface area contributed by atoms with Gasteiger partial charge in [-0.15, -0.1) is 0 Å². The van der Waals surface area contributed by atoms with Crippen LogP contribution in [0.2, 0.25) is 5.02 Å². The van der Waals surface area contributed by atoms with Crippen LogP contribution >= 0.6 is 11.6 Å². The lowest BCUT2D eigenvalue weighted by Gasteiger charge is -2.29. The Morgan fingerprint density at radius 1 is 1.47 bits per heavy atom. The number of hydrogen-bond donors (Lipinski definition) is 1. The summed E-state index contributed by atoms with van der Waals surface area (Å²) in [7, 11) is 0. The molecule has 0 aliphatic heterocycles. The smallest absolute Gasteiger partial charge is 0.326 e. The van der Waals surface area contributed by atoms with Crippen LogP contribution in [0.3, 0.4) is 0 Å². The van der Waals surface area contributed by atoms with Crippen LogP contribution in [-0.4, -0.2) is 23.7 Å². The molecular weight excluding hydrogens is 238 g/mol. The van der Waals surface area contributed by atoms with Crippen molar-refractivity contribution >= 4 is 23.3 Å². The molecule has 0 aliphatic rings. The van der Waals surface area contributed by atoms with E-state index in [1.807, 2.05) is 43.9 Å². The highest BCUT2D eigenvalue weighted by atomic mass is 35.5. The molecule has 1 N–H and O–H groups in total. The maximum absolute atomic E-state index is 11.2. The first-order valence-corrected chi connectivity index (χ1v) is 6.14. The Bertz CT molecular complexity index is 406. The molecule has 0 fully saturated rings. The molecule has 0 aromatic heterocycles. The topological polar surface area (TPSA) is 40.5 Å². The number of anilines is 1. The number of nitrogens with zero attached hydrogens (tertiary/aromatic N) is 1. The molecule has 0 heterocycles. The number of benzene rings is 1. The van der Waals surface area contributed by atoms with E-state index < -0.39 is 12.0 Å². The van der Waals surface area contributed by atoms with Gasteiger partial charge in [0, 0.05) is 17.3 Å². The Hall–Kier alpha value is -1.22. The second-order valence-electron chi connectivity index (χ2n) is 3.98. The predicted octanol–water partition coefficient (Wildman–Crippen LogP) is 3.34. The van der Waals surface area contributed by atoms with Gasteiger partial charge in [0.25, 0.3) is 0 Å². The van der Waals surface area contributed by atoms with Crippen molar-refractivity contribution in [2.75, 3.05) is 11.4 Å². The number of rotatable bonds is 5. The molecule has 1 atom stereocenters. The average molecular weight is 256 g/mol. The fourth-order valence-electron chi connectivity index (χ4n) is 1.87. The summed E-state index contributed by atoms with van der Waals surface area (Å²) in [6.07, 6.45) is 0.564. The van der Waals surface area contributed by atoms with Crippen LogP contribution in [0.1, 0.15) is 25.8 Å². The maximum Gasteiger partial charge on any atom is 0.326 e. The third-order valence-corrected chi connectivity index (χ3v) is 3.28. The van der Waals surface area contributed by atoms with Crippen LogP contribution in [0.4, 0.5) is 5.69 Å². The highest BCUT2D eigenvalue weighted by molar-refractivity contribution is 6.31. The molecule has 1 aromatic carbocycles. The lowest BCUT2D eigenvalue weighted by atomic mass is 10.1. The van der Waals surface area contributed by atoms with E-state index in [4.69, 9.17) is 11.6 Å². The van der Waals surface area contributed by atoms with Crippen LogP contribution in [-0.2, 0) is 4.79 Å². The van der Waals surface area contributed by atoms with E-state index in [1.165, 1.54) is 0 Å². The molecule has 1 rings (SSSR count). The normalized spacial score (nSPS) is 12.2. The van der Waals surface area contributed by atoms with Gasteiger partial charge in [0.15, 0.2) is 0 Å². The largest absolute Gasteiger partial charge is 0.480 e. The van der Waals surface area contributed by atoms with Gasteiger partial charge < -0.3 is 10.0 Å². The fraction of sp³-hybridized carbons (Fsp3) is 0.462. The van der Waals surface area contributed by atoms with Crippen LogP contribution < -0.4 is 4.90 Å². The molecular formula is C13H18ClNO2. The molecule has 0 aliphatic carbocycles. The van der Waals surface area contributed by atoms with E-state index in [0.717, 1.165) is 11.3 Å². The minimum absolute atomic E-state index is 0.501. The van der Waals surface area contributed by atoms with Crippen LogP contribution in [0.5, 0.6) is 0 Å². The second kappa shape index (κ2) is 5.92. The van der Waals surface area contributed by atoms with Crippen molar-refractivity contribution in [2.45, 2.75) is 33.2 Å². The van der Waals surface area contributed by atoms with E-state index in [0.29, 0.717) is 18.0 Å². The van der Waals surface area contributed by atoms with Crippen molar-refractivity contribution in [2.24, 2.45) is 0 Å². The van der Waals surface area contributed by atoms with Crippen molar-refractivity contribution < 1.29 is 9.90 Å². The number of hydrogen-bond acceptors (Lipinski definition) is 2. The van der Waals surface area contributed by atoms with Gasteiger partial charge in [0.05, 0.1) is 0 Å². The zero-order valence-electron chi connectivity index (χ0n) is 10.4. The Balaban J connectivity index is 3.08. The van der Waals surface area contributed by atoms with Crippen molar-refractivity contribution in [3.8, 4) is 0 Å². The molecule has 0 bridgehead atoms. The third kappa shape index (κ3) is 3.13. The molecule has 0 saturated carbocycles. The number of carboxylic acid groups (broad SMARTS) is 1. The van der Waals surface area contributed by atoms with Crippen LogP contribution in [0.15, 0.2) is 18.2 Å². The maximum atomic E-state index is 11.2. The summed E-state index contributed by atoms with van der Waals surface area (Å²) < 4.78 is 0. The minimum Gasteiger partial charge on any atom is -0.480 e. The molecule has 4 heteroatoms. The first-order chi connectivity index (χ1) is 8.01. The molecule has 3 nitrogen and oxygen atoms in total. The second-order valence-corrected chi connectivity index (χ2v) is 4.39. The summed E-state index contributed by atoms with van der Waals surface area (Å²) in [6, 6.07) is 5.15. The number of carboxylic acids is 1. The first kappa shape index (κ1) is 13.8. The molecule has 0 saturated heterocycles. The molecule has 94 valence electrons. The molecule has 0 radical (unpaired) electrons. The van der Waals surface area contributed by atoms with Gasteiger partial charge in [-0.3, -0.25) is 0 Å². The zero-order valence-corrected chi connectivity index (χ0v) is 11.2. The van der Waals surface area contributed by atoms with Gasteiger partial charge in [0.1, 0.15) is 6.04 Å². The standard InChI is InChI=1S/C13H18ClNO2/c1-4-12(13(16)17)15(5-2)10-7-6-9(3)11(14)8-10/h6-8,12H,4-5H2,1-3H3,(H,16,17)/t12-/m1/s1. The quantitative estimate of drug-likeness (QED) is 0.877. The molecule has 17 heavy (non-hydrogen) atoms. The van der Waals surface area contributed by atoms with Gasteiger partial charge >= 0.3 is 5.97 Å². The Morgan fingerprint density at radius 2 is 2.12 bits per heavy atom. The van der Waals surface area contributed by atoms with E-state index in [1.54, 1.807) is 0 Å². The van der Waals surface area contributed by atoms with Gasteiger partial charge in [0.2, 0.25) is 0 Å². The van der Waals surface area contributed by atoms with Crippen molar-refractivity contribution in [3.63, 3.8) is 0 Å². The number of halogens is 1.